The number of hydrogen-bond donors (Lipinski definition) is 0. The first kappa shape index (κ1) is 13.3. The van der Waals surface area contributed by atoms with Crippen LogP contribution in [0.1, 0.15) is 21.1 Å². The van der Waals surface area contributed by atoms with E-state index < -0.39 is 0 Å². The van der Waals surface area contributed by atoms with Crippen LogP contribution in [0, 0.1) is 0 Å². The van der Waals surface area contributed by atoms with Crippen molar-refractivity contribution in [2.24, 2.45) is 0 Å². The van der Waals surface area contributed by atoms with Gasteiger partial charge in [0.2, 0.25) is 0 Å². The number of nitrogens with zero attached hydrogens (tertiary/aromatic N) is 3. The normalized spacial score (nSPS) is 14.5. The molecule has 0 bridgehead atoms. The zero-order valence-corrected chi connectivity index (χ0v) is 11.9. The van der Waals surface area contributed by atoms with Crippen LogP contribution in [-0.2, 0) is 11.2 Å². The standard InChI is InChI=1S/C12H19N3O2S/c1-14(2)12(16)11-13-10-9(18-11)5-4-6-15(10)7-8-17-3/h4-8H2,1-3H3. The van der Waals surface area contributed by atoms with Crippen LogP contribution in [0.4, 0.5) is 5.82 Å². The van der Waals surface area contributed by atoms with E-state index in [1.807, 2.05) is 0 Å². The molecular formula is C12H19N3O2S. The van der Waals surface area contributed by atoms with Gasteiger partial charge in [-0.15, -0.1) is 11.3 Å². The number of fused-ring (bicyclic) bond motifs is 1. The van der Waals surface area contributed by atoms with Crippen molar-refractivity contribution in [1.29, 1.82) is 0 Å². The summed E-state index contributed by atoms with van der Waals surface area (Å²) < 4.78 is 5.11. The Balaban J connectivity index is 2.20. The number of ether oxygens (including phenoxy) is 1. The Kier molecular flexibility index (Phi) is 4.19. The third-order valence-electron chi connectivity index (χ3n) is 2.96. The first-order valence-corrected chi connectivity index (χ1v) is 6.90. The molecule has 0 N–H and O–H groups in total. The maximum Gasteiger partial charge on any atom is 0.282 e. The summed E-state index contributed by atoms with van der Waals surface area (Å²) in [6, 6.07) is 0. The van der Waals surface area contributed by atoms with Crippen LogP contribution in [0.2, 0.25) is 0 Å². The Bertz CT molecular complexity index is 431. The van der Waals surface area contributed by atoms with Crippen molar-refractivity contribution >= 4 is 23.1 Å². The number of thiazole rings is 1. The summed E-state index contributed by atoms with van der Waals surface area (Å²) in [7, 11) is 5.21. The van der Waals surface area contributed by atoms with Gasteiger partial charge in [0.1, 0.15) is 5.82 Å². The van der Waals surface area contributed by atoms with E-state index in [4.69, 9.17) is 4.74 Å². The van der Waals surface area contributed by atoms with Gasteiger partial charge in [-0.25, -0.2) is 4.98 Å². The highest BCUT2D eigenvalue weighted by molar-refractivity contribution is 7.14. The van der Waals surface area contributed by atoms with Crippen molar-refractivity contribution in [3.8, 4) is 0 Å². The zero-order chi connectivity index (χ0) is 13.1. The zero-order valence-electron chi connectivity index (χ0n) is 11.1. The van der Waals surface area contributed by atoms with Crippen LogP contribution in [0.5, 0.6) is 0 Å². The van der Waals surface area contributed by atoms with Gasteiger partial charge in [0, 0.05) is 39.2 Å². The lowest BCUT2D eigenvalue weighted by Crippen LogP contribution is -2.32. The fourth-order valence-electron chi connectivity index (χ4n) is 1.99. The van der Waals surface area contributed by atoms with Gasteiger partial charge in [0.05, 0.1) is 6.61 Å². The Morgan fingerprint density at radius 1 is 1.56 bits per heavy atom. The van der Waals surface area contributed by atoms with Crippen LogP contribution in [0.15, 0.2) is 0 Å². The molecule has 0 saturated carbocycles. The highest BCUT2D eigenvalue weighted by Gasteiger charge is 2.24. The molecule has 0 spiro atoms. The highest BCUT2D eigenvalue weighted by Crippen LogP contribution is 2.31. The van der Waals surface area contributed by atoms with Crippen molar-refractivity contribution in [3.05, 3.63) is 9.88 Å². The van der Waals surface area contributed by atoms with E-state index in [1.165, 1.54) is 16.2 Å². The number of aryl methyl sites for hydroxylation is 1. The first-order chi connectivity index (χ1) is 8.63. The molecule has 5 nitrogen and oxygen atoms in total. The average Bonchev–Trinajstić information content (AvgIpc) is 2.79. The monoisotopic (exact) mass is 269 g/mol. The molecule has 6 heteroatoms. The van der Waals surface area contributed by atoms with Gasteiger partial charge in [-0.2, -0.15) is 0 Å². The van der Waals surface area contributed by atoms with E-state index >= 15 is 0 Å². The van der Waals surface area contributed by atoms with Crippen molar-refractivity contribution in [3.63, 3.8) is 0 Å². The molecule has 2 heterocycles. The quantitative estimate of drug-likeness (QED) is 0.825. The number of rotatable bonds is 4. The molecule has 0 unspecified atom stereocenters. The summed E-state index contributed by atoms with van der Waals surface area (Å²) in [5, 5.41) is 0.592. The molecule has 2 rings (SSSR count). The average molecular weight is 269 g/mol. The smallest absolute Gasteiger partial charge is 0.282 e. The number of methoxy groups -OCH3 is 1. The maximum atomic E-state index is 11.9. The second kappa shape index (κ2) is 5.67. The van der Waals surface area contributed by atoms with Gasteiger partial charge in [-0.3, -0.25) is 4.79 Å². The fourth-order valence-corrected chi connectivity index (χ4v) is 3.14. The minimum atomic E-state index is -0.0129. The van der Waals surface area contributed by atoms with Crippen molar-refractivity contribution in [2.75, 3.05) is 45.8 Å². The van der Waals surface area contributed by atoms with E-state index in [0.29, 0.717) is 11.6 Å². The second-order valence-electron chi connectivity index (χ2n) is 4.55. The van der Waals surface area contributed by atoms with Crippen LogP contribution >= 0.6 is 11.3 Å². The van der Waals surface area contributed by atoms with Crippen LogP contribution < -0.4 is 4.90 Å². The molecular weight excluding hydrogens is 250 g/mol. The van der Waals surface area contributed by atoms with Crippen molar-refractivity contribution in [1.82, 2.24) is 9.88 Å². The Morgan fingerprint density at radius 2 is 2.33 bits per heavy atom. The van der Waals surface area contributed by atoms with Crippen LogP contribution in [0.25, 0.3) is 0 Å². The molecule has 1 aliphatic rings. The van der Waals surface area contributed by atoms with Gasteiger partial charge in [-0.1, -0.05) is 0 Å². The van der Waals surface area contributed by atoms with E-state index in [2.05, 4.69) is 9.88 Å². The first-order valence-electron chi connectivity index (χ1n) is 6.08. The summed E-state index contributed by atoms with van der Waals surface area (Å²) in [4.78, 5) is 21.4. The molecule has 0 radical (unpaired) electrons. The Hall–Kier alpha value is -1.14. The predicted octanol–water partition coefficient (Wildman–Crippen LogP) is 1.24. The van der Waals surface area contributed by atoms with Gasteiger partial charge in [-0.05, 0) is 12.8 Å². The minimum Gasteiger partial charge on any atom is -0.383 e. The van der Waals surface area contributed by atoms with Crippen LogP contribution in [0.3, 0.4) is 0 Å². The molecule has 18 heavy (non-hydrogen) atoms. The predicted molar refractivity (Wildman–Crippen MR) is 72.5 cm³/mol. The summed E-state index contributed by atoms with van der Waals surface area (Å²) >= 11 is 1.52. The second-order valence-corrected chi connectivity index (χ2v) is 5.63. The summed E-state index contributed by atoms with van der Waals surface area (Å²) in [6.07, 6.45) is 2.14. The molecule has 0 atom stereocenters. The van der Waals surface area contributed by atoms with E-state index in [0.717, 1.165) is 31.7 Å². The topological polar surface area (TPSA) is 45.7 Å². The van der Waals surface area contributed by atoms with Gasteiger partial charge < -0.3 is 14.5 Å². The lowest BCUT2D eigenvalue weighted by atomic mass is 10.2. The third-order valence-corrected chi connectivity index (χ3v) is 4.05. The van der Waals surface area contributed by atoms with Crippen molar-refractivity contribution in [2.45, 2.75) is 12.8 Å². The molecule has 0 aliphatic carbocycles. The van der Waals surface area contributed by atoms with E-state index in [9.17, 15) is 4.79 Å². The van der Waals surface area contributed by atoms with Gasteiger partial charge in [0.25, 0.3) is 5.91 Å². The molecule has 1 aromatic heterocycles. The molecule has 0 saturated heterocycles. The number of amides is 1. The largest absolute Gasteiger partial charge is 0.383 e. The Labute approximate surface area is 111 Å². The van der Waals surface area contributed by atoms with E-state index in [1.54, 1.807) is 26.1 Å². The molecule has 1 amide bonds. The molecule has 100 valence electrons. The molecule has 0 aromatic carbocycles. The van der Waals surface area contributed by atoms with Gasteiger partial charge in [0.15, 0.2) is 5.01 Å². The summed E-state index contributed by atoms with van der Waals surface area (Å²) in [5.74, 6) is 0.967. The summed E-state index contributed by atoms with van der Waals surface area (Å²) in [6.45, 7) is 2.52. The third kappa shape index (κ3) is 2.64. The number of hydrogen-bond acceptors (Lipinski definition) is 5. The molecule has 1 aromatic rings. The Morgan fingerprint density at radius 3 is 3.00 bits per heavy atom. The minimum absolute atomic E-state index is 0.0129. The van der Waals surface area contributed by atoms with E-state index in [-0.39, 0.29) is 5.91 Å². The fraction of sp³-hybridized carbons (Fsp3) is 0.667. The number of aromatic nitrogens is 1. The lowest BCUT2D eigenvalue weighted by molar-refractivity contribution is 0.0827. The number of carbonyl (C=O) groups is 1. The van der Waals surface area contributed by atoms with Crippen LogP contribution in [-0.4, -0.2) is 56.7 Å². The number of anilines is 1. The summed E-state index contributed by atoms with van der Waals surface area (Å²) in [5.41, 5.74) is 0. The lowest BCUT2D eigenvalue weighted by Gasteiger charge is -2.26. The molecule has 1 aliphatic heterocycles. The number of carbonyl (C=O) groups excluding carboxylic acids is 1. The molecule has 0 fully saturated rings. The van der Waals surface area contributed by atoms with Gasteiger partial charge >= 0.3 is 0 Å². The SMILES string of the molecule is COCCN1CCCc2sc(C(=O)N(C)C)nc21. The van der Waals surface area contributed by atoms with Crippen molar-refractivity contribution < 1.29 is 9.53 Å². The maximum absolute atomic E-state index is 11.9. The highest BCUT2D eigenvalue weighted by atomic mass is 32.1.